The topological polar surface area (TPSA) is 44.8 Å². The van der Waals surface area contributed by atoms with Crippen LogP contribution in [0, 0.1) is 0 Å². The second kappa shape index (κ2) is 7.90. The van der Waals surface area contributed by atoms with E-state index >= 15 is 0 Å². The second-order valence-corrected chi connectivity index (χ2v) is 6.51. The lowest BCUT2D eigenvalue weighted by Gasteiger charge is -2.37. The van der Waals surface area contributed by atoms with Crippen LogP contribution in [0.5, 0.6) is 0 Å². The first-order valence-electron chi connectivity index (χ1n) is 8.59. The van der Waals surface area contributed by atoms with E-state index in [1.165, 1.54) is 5.56 Å². The van der Waals surface area contributed by atoms with Gasteiger partial charge in [0.05, 0.1) is 6.61 Å². The van der Waals surface area contributed by atoms with Crippen LogP contribution in [0.1, 0.15) is 18.4 Å². The second-order valence-electron chi connectivity index (χ2n) is 6.51. The molecule has 0 aromatic heterocycles. The van der Waals surface area contributed by atoms with Crippen molar-refractivity contribution in [3.8, 4) is 0 Å². The number of hydrogen-bond donors (Lipinski definition) is 1. The van der Waals surface area contributed by atoms with E-state index in [0.717, 1.165) is 39.0 Å². The van der Waals surface area contributed by atoms with Crippen LogP contribution in [-0.4, -0.2) is 67.7 Å². The zero-order valence-corrected chi connectivity index (χ0v) is 13.9. The summed E-state index contributed by atoms with van der Waals surface area (Å²) in [5, 5.41) is 3.34. The Bertz CT molecular complexity index is 502. The summed E-state index contributed by atoms with van der Waals surface area (Å²) < 4.78 is 5.77. The molecule has 1 N–H and O–H groups in total. The molecular formula is C18H27N3O2. The molecule has 2 heterocycles. The lowest BCUT2D eigenvalue weighted by Crippen LogP contribution is -2.53. The number of rotatable bonds is 4. The Hall–Kier alpha value is -1.43. The number of morpholine rings is 1. The van der Waals surface area contributed by atoms with Crippen LogP contribution in [0.2, 0.25) is 0 Å². The van der Waals surface area contributed by atoms with Gasteiger partial charge in [-0.2, -0.15) is 0 Å². The molecule has 1 atom stereocenters. The minimum atomic E-state index is -0.327. The minimum absolute atomic E-state index is 0.134. The number of carbonyl (C=O) groups excluding carboxylic acids is 1. The summed E-state index contributed by atoms with van der Waals surface area (Å²) in [6.07, 6.45) is 1.73. The van der Waals surface area contributed by atoms with E-state index in [-0.39, 0.29) is 12.0 Å². The predicted octanol–water partition coefficient (Wildman–Crippen LogP) is 1.10. The molecule has 0 bridgehead atoms. The maximum atomic E-state index is 12.7. The number of nitrogens with one attached hydrogen (secondary N) is 1. The van der Waals surface area contributed by atoms with Gasteiger partial charge in [0.25, 0.3) is 5.91 Å². The van der Waals surface area contributed by atoms with E-state index in [1.54, 1.807) is 0 Å². The fourth-order valence-corrected chi connectivity index (χ4v) is 3.44. The molecule has 126 valence electrons. The van der Waals surface area contributed by atoms with Crippen LogP contribution in [0.3, 0.4) is 0 Å². The molecule has 1 aromatic rings. The Morgan fingerprint density at radius 1 is 1.30 bits per heavy atom. The van der Waals surface area contributed by atoms with Gasteiger partial charge in [0.15, 0.2) is 0 Å². The van der Waals surface area contributed by atoms with E-state index in [4.69, 9.17) is 4.74 Å². The Balaban J connectivity index is 1.55. The average molecular weight is 317 g/mol. The van der Waals surface area contributed by atoms with E-state index in [9.17, 15) is 4.79 Å². The third-order valence-corrected chi connectivity index (χ3v) is 4.88. The first-order valence-corrected chi connectivity index (χ1v) is 8.59. The first-order chi connectivity index (χ1) is 11.2. The minimum Gasteiger partial charge on any atom is -0.366 e. The summed E-state index contributed by atoms with van der Waals surface area (Å²) in [6.45, 7) is 5.06. The van der Waals surface area contributed by atoms with Crippen LogP contribution in [0.25, 0.3) is 0 Å². The maximum absolute atomic E-state index is 12.7. The smallest absolute Gasteiger partial charge is 0.253 e. The van der Waals surface area contributed by atoms with Gasteiger partial charge in [-0.25, -0.2) is 0 Å². The summed E-state index contributed by atoms with van der Waals surface area (Å²) in [5.74, 6) is 0.134. The Labute approximate surface area is 138 Å². The van der Waals surface area contributed by atoms with Crippen molar-refractivity contribution in [3.63, 3.8) is 0 Å². The van der Waals surface area contributed by atoms with Crippen molar-refractivity contribution in [2.24, 2.45) is 0 Å². The quantitative estimate of drug-likeness (QED) is 0.903. The zero-order valence-electron chi connectivity index (χ0n) is 13.9. The number of piperidine rings is 1. The SMILES string of the molecule is CN(C(=O)C1CN(Cc2ccccc2)CCO1)C1CCNCC1. The molecule has 1 aromatic carbocycles. The standard InChI is InChI=1S/C18H27N3O2/c1-20(16-7-9-19-10-8-16)18(22)17-14-21(11-12-23-17)13-15-5-3-2-4-6-15/h2-6,16-17,19H,7-14H2,1H3. The van der Waals surface area contributed by atoms with Crippen LogP contribution in [0.4, 0.5) is 0 Å². The fraction of sp³-hybridized carbons (Fsp3) is 0.611. The number of amides is 1. The van der Waals surface area contributed by atoms with Crippen molar-refractivity contribution in [2.45, 2.75) is 31.5 Å². The molecule has 2 aliphatic rings. The lowest BCUT2D eigenvalue weighted by atomic mass is 10.0. The monoisotopic (exact) mass is 317 g/mol. The van der Waals surface area contributed by atoms with Crippen molar-refractivity contribution in [1.82, 2.24) is 15.1 Å². The van der Waals surface area contributed by atoms with Gasteiger partial charge in [-0.15, -0.1) is 0 Å². The maximum Gasteiger partial charge on any atom is 0.253 e. The number of hydrogen-bond acceptors (Lipinski definition) is 4. The highest BCUT2D eigenvalue weighted by atomic mass is 16.5. The summed E-state index contributed by atoms with van der Waals surface area (Å²) in [6, 6.07) is 10.8. The van der Waals surface area contributed by atoms with Crippen molar-refractivity contribution in [1.29, 1.82) is 0 Å². The first kappa shape index (κ1) is 16.4. The Kier molecular flexibility index (Phi) is 5.65. The van der Waals surface area contributed by atoms with Gasteiger partial charge in [-0.1, -0.05) is 30.3 Å². The molecule has 0 aliphatic carbocycles. The molecule has 5 nitrogen and oxygen atoms in total. The molecule has 0 spiro atoms. The van der Waals surface area contributed by atoms with Crippen molar-refractivity contribution >= 4 is 5.91 Å². The zero-order chi connectivity index (χ0) is 16.1. The van der Waals surface area contributed by atoms with Gasteiger partial charge in [0.1, 0.15) is 6.10 Å². The van der Waals surface area contributed by atoms with Crippen molar-refractivity contribution in [2.75, 3.05) is 39.8 Å². The van der Waals surface area contributed by atoms with Crippen LogP contribution < -0.4 is 5.32 Å². The number of benzene rings is 1. The van der Waals surface area contributed by atoms with Gasteiger partial charge >= 0.3 is 0 Å². The van der Waals surface area contributed by atoms with Gasteiger partial charge in [-0.05, 0) is 31.5 Å². The highest BCUT2D eigenvalue weighted by molar-refractivity contribution is 5.81. The lowest BCUT2D eigenvalue weighted by molar-refractivity contribution is -0.151. The predicted molar refractivity (Wildman–Crippen MR) is 90.1 cm³/mol. The van der Waals surface area contributed by atoms with Gasteiger partial charge in [0.2, 0.25) is 0 Å². The van der Waals surface area contributed by atoms with E-state index < -0.39 is 0 Å². The number of nitrogens with zero attached hydrogens (tertiary/aromatic N) is 2. The largest absolute Gasteiger partial charge is 0.366 e. The molecule has 2 saturated heterocycles. The fourth-order valence-electron chi connectivity index (χ4n) is 3.44. The molecule has 3 rings (SSSR count). The summed E-state index contributed by atoms with van der Waals surface area (Å²) >= 11 is 0. The van der Waals surface area contributed by atoms with Crippen LogP contribution in [-0.2, 0) is 16.1 Å². The Morgan fingerprint density at radius 2 is 2.04 bits per heavy atom. The van der Waals surface area contributed by atoms with Crippen molar-refractivity contribution < 1.29 is 9.53 Å². The average Bonchev–Trinajstić information content (AvgIpc) is 2.62. The van der Waals surface area contributed by atoms with Crippen molar-refractivity contribution in [3.05, 3.63) is 35.9 Å². The molecule has 0 saturated carbocycles. The molecule has 23 heavy (non-hydrogen) atoms. The van der Waals surface area contributed by atoms with Gasteiger partial charge < -0.3 is 15.0 Å². The number of carbonyl (C=O) groups is 1. The van der Waals surface area contributed by atoms with Gasteiger partial charge in [-0.3, -0.25) is 9.69 Å². The number of likely N-dealkylation sites (N-methyl/N-ethyl adjacent to an activating group) is 1. The van der Waals surface area contributed by atoms with E-state index in [2.05, 4.69) is 34.5 Å². The molecule has 2 fully saturated rings. The number of ether oxygens (including phenoxy) is 1. The summed E-state index contributed by atoms with van der Waals surface area (Å²) in [7, 11) is 1.93. The molecule has 5 heteroatoms. The van der Waals surface area contributed by atoms with Crippen LogP contribution >= 0.6 is 0 Å². The highest BCUT2D eigenvalue weighted by Crippen LogP contribution is 2.16. The van der Waals surface area contributed by atoms with Crippen LogP contribution in [0.15, 0.2) is 30.3 Å². The highest BCUT2D eigenvalue weighted by Gasteiger charge is 2.32. The van der Waals surface area contributed by atoms with E-state index in [0.29, 0.717) is 19.2 Å². The molecular weight excluding hydrogens is 290 g/mol. The van der Waals surface area contributed by atoms with Gasteiger partial charge in [0, 0.05) is 32.7 Å². The third-order valence-electron chi connectivity index (χ3n) is 4.88. The Morgan fingerprint density at radius 3 is 2.78 bits per heavy atom. The normalized spacial score (nSPS) is 23.6. The molecule has 1 unspecified atom stereocenters. The summed E-state index contributed by atoms with van der Waals surface area (Å²) in [5.41, 5.74) is 1.28. The summed E-state index contributed by atoms with van der Waals surface area (Å²) in [4.78, 5) is 17.0. The van der Waals surface area contributed by atoms with E-state index in [1.807, 2.05) is 18.0 Å². The third kappa shape index (κ3) is 4.31. The molecule has 0 radical (unpaired) electrons. The molecule has 2 aliphatic heterocycles. The molecule has 1 amide bonds.